The average molecular weight is 296 g/mol. The lowest BCUT2D eigenvalue weighted by Crippen LogP contribution is -2.50. The zero-order chi connectivity index (χ0) is 16.0. The zero-order valence-corrected chi connectivity index (χ0v) is 12.4. The van der Waals surface area contributed by atoms with Gasteiger partial charge >= 0.3 is 0 Å². The lowest BCUT2D eigenvalue weighted by molar-refractivity contribution is -0.124. The van der Waals surface area contributed by atoms with Gasteiger partial charge in [-0.25, -0.2) is 4.39 Å². The lowest BCUT2D eigenvalue weighted by Gasteiger charge is -2.22. The predicted octanol–water partition coefficient (Wildman–Crippen LogP) is 1.08. The van der Waals surface area contributed by atoms with Crippen LogP contribution >= 0.6 is 0 Å². The van der Waals surface area contributed by atoms with Crippen molar-refractivity contribution in [2.24, 2.45) is 5.92 Å². The number of hydrogen-bond donors (Lipinski definition) is 3. The number of benzene rings is 1. The van der Waals surface area contributed by atoms with E-state index in [-0.39, 0.29) is 23.9 Å². The van der Waals surface area contributed by atoms with E-state index in [4.69, 9.17) is 5.11 Å². The predicted molar refractivity (Wildman–Crippen MR) is 77.2 cm³/mol. The maximum atomic E-state index is 12.8. The summed E-state index contributed by atoms with van der Waals surface area (Å²) in [6, 6.07) is 4.37. The summed E-state index contributed by atoms with van der Waals surface area (Å²) in [5.41, 5.74) is 0.283. The van der Waals surface area contributed by atoms with Crippen molar-refractivity contribution < 1.29 is 19.1 Å². The molecule has 0 radical (unpaired) electrons. The third-order valence-electron chi connectivity index (χ3n) is 2.91. The molecule has 0 fully saturated rings. The van der Waals surface area contributed by atoms with Crippen LogP contribution in [0.5, 0.6) is 0 Å². The monoisotopic (exact) mass is 296 g/mol. The van der Waals surface area contributed by atoms with Crippen molar-refractivity contribution in [3.8, 4) is 0 Å². The van der Waals surface area contributed by atoms with Gasteiger partial charge in [0.1, 0.15) is 11.9 Å². The second-order valence-corrected chi connectivity index (χ2v) is 5.30. The van der Waals surface area contributed by atoms with Crippen molar-refractivity contribution >= 4 is 11.8 Å². The number of carbonyl (C=O) groups is 2. The Bertz CT molecular complexity index is 486. The van der Waals surface area contributed by atoms with Gasteiger partial charge in [-0.1, -0.05) is 13.8 Å². The summed E-state index contributed by atoms with van der Waals surface area (Å²) in [4.78, 5) is 24.1. The molecule has 2 amide bonds. The summed E-state index contributed by atoms with van der Waals surface area (Å²) in [5.74, 6) is -1.35. The van der Waals surface area contributed by atoms with Crippen LogP contribution in [0, 0.1) is 11.7 Å². The fourth-order valence-electron chi connectivity index (χ4n) is 1.72. The molecule has 0 aliphatic rings. The molecule has 0 aliphatic carbocycles. The largest absolute Gasteiger partial charge is 0.392 e. The molecule has 0 aromatic heterocycles. The standard InChI is InChI=1S/C15H21FN2O3/c1-9(2)13(15(21)17-8-10(3)19)18-14(20)11-4-6-12(16)7-5-11/h4-7,9-10,13,19H,8H2,1-3H3,(H,17,21)(H,18,20). The molecule has 1 aromatic carbocycles. The molecule has 5 nitrogen and oxygen atoms in total. The molecule has 2 unspecified atom stereocenters. The van der Waals surface area contributed by atoms with Gasteiger partial charge in [-0.3, -0.25) is 9.59 Å². The highest BCUT2D eigenvalue weighted by molar-refractivity contribution is 5.97. The van der Waals surface area contributed by atoms with Gasteiger partial charge in [0, 0.05) is 12.1 Å². The van der Waals surface area contributed by atoms with Crippen LogP contribution in [0.1, 0.15) is 31.1 Å². The molecule has 0 spiro atoms. The van der Waals surface area contributed by atoms with E-state index in [9.17, 15) is 14.0 Å². The number of amides is 2. The molecule has 0 bridgehead atoms. The van der Waals surface area contributed by atoms with E-state index in [0.717, 1.165) is 0 Å². The second kappa shape index (κ2) is 7.73. The minimum atomic E-state index is -0.721. The van der Waals surface area contributed by atoms with Crippen LogP contribution in [-0.2, 0) is 4.79 Å². The molecule has 3 N–H and O–H groups in total. The van der Waals surface area contributed by atoms with Crippen LogP contribution in [0.15, 0.2) is 24.3 Å². The second-order valence-electron chi connectivity index (χ2n) is 5.30. The lowest BCUT2D eigenvalue weighted by atomic mass is 10.0. The fourth-order valence-corrected chi connectivity index (χ4v) is 1.72. The van der Waals surface area contributed by atoms with Gasteiger partial charge in [0.05, 0.1) is 6.10 Å². The molecule has 0 saturated carbocycles. The van der Waals surface area contributed by atoms with Gasteiger partial charge in [0.25, 0.3) is 5.91 Å². The first-order valence-electron chi connectivity index (χ1n) is 6.83. The number of carbonyl (C=O) groups excluding carboxylic acids is 2. The van der Waals surface area contributed by atoms with Crippen LogP contribution in [-0.4, -0.2) is 35.6 Å². The smallest absolute Gasteiger partial charge is 0.251 e. The van der Waals surface area contributed by atoms with Crippen molar-refractivity contribution in [2.45, 2.75) is 32.9 Å². The highest BCUT2D eigenvalue weighted by Gasteiger charge is 2.24. The highest BCUT2D eigenvalue weighted by Crippen LogP contribution is 2.06. The number of halogens is 1. The van der Waals surface area contributed by atoms with Crippen molar-refractivity contribution in [1.82, 2.24) is 10.6 Å². The van der Waals surface area contributed by atoms with Crippen LogP contribution in [0.3, 0.4) is 0 Å². The Morgan fingerprint density at radius 2 is 1.76 bits per heavy atom. The Hall–Kier alpha value is -1.95. The third-order valence-corrected chi connectivity index (χ3v) is 2.91. The Morgan fingerprint density at radius 3 is 2.24 bits per heavy atom. The number of aliphatic hydroxyl groups excluding tert-OH is 1. The number of nitrogens with one attached hydrogen (secondary N) is 2. The first-order chi connectivity index (χ1) is 9.81. The van der Waals surface area contributed by atoms with E-state index in [0.29, 0.717) is 0 Å². The third kappa shape index (κ3) is 5.51. The number of aliphatic hydroxyl groups is 1. The quantitative estimate of drug-likeness (QED) is 0.735. The van der Waals surface area contributed by atoms with Crippen molar-refractivity contribution in [2.75, 3.05) is 6.54 Å². The fraction of sp³-hybridized carbons (Fsp3) is 0.467. The molecule has 0 aliphatic heterocycles. The van der Waals surface area contributed by atoms with Gasteiger partial charge in [-0.2, -0.15) is 0 Å². The van der Waals surface area contributed by atoms with Crippen LogP contribution in [0.25, 0.3) is 0 Å². The highest BCUT2D eigenvalue weighted by atomic mass is 19.1. The summed E-state index contributed by atoms with van der Waals surface area (Å²) in [6.45, 7) is 5.28. The molecule has 1 aromatic rings. The Balaban J connectivity index is 2.71. The summed E-state index contributed by atoms with van der Waals surface area (Å²) < 4.78 is 12.8. The first-order valence-corrected chi connectivity index (χ1v) is 6.83. The van der Waals surface area contributed by atoms with Gasteiger partial charge in [-0.15, -0.1) is 0 Å². The van der Waals surface area contributed by atoms with E-state index >= 15 is 0 Å². The van der Waals surface area contributed by atoms with Gasteiger partial charge in [0.2, 0.25) is 5.91 Å². The average Bonchev–Trinajstić information content (AvgIpc) is 2.42. The van der Waals surface area contributed by atoms with Crippen molar-refractivity contribution in [3.05, 3.63) is 35.6 Å². The molecule has 116 valence electrons. The maximum absolute atomic E-state index is 12.8. The van der Waals surface area contributed by atoms with E-state index < -0.39 is 23.9 Å². The minimum absolute atomic E-state index is 0.120. The van der Waals surface area contributed by atoms with Gasteiger partial charge in [-0.05, 0) is 37.1 Å². The molecule has 21 heavy (non-hydrogen) atoms. The normalized spacial score (nSPS) is 13.6. The van der Waals surface area contributed by atoms with Crippen molar-refractivity contribution in [3.63, 3.8) is 0 Å². The molecule has 2 atom stereocenters. The molecule has 0 saturated heterocycles. The minimum Gasteiger partial charge on any atom is -0.392 e. The summed E-state index contributed by atoms with van der Waals surface area (Å²) in [5, 5.41) is 14.4. The van der Waals surface area contributed by atoms with Crippen LogP contribution in [0.2, 0.25) is 0 Å². The van der Waals surface area contributed by atoms with Crippen molar-refractivity contribution in [1.29, 1.82) is 0 Å². The van der Waals surface area contributed by atoms with Crippen LogP contribution in [0.4, 0.5) is 4.39 Å². The van der Waals surface area contributed by atoms with E-state index in [1.165, 1.54) is 24.3 Å². The summed E-state index contributed by atoms with van der Waals surface area (Å²) >= 11 is 0. The molecule has 0 heterocycles. The van der Waals surface area contributed by atoms with Crippen LogP contribution < -0.4 is 10.6 Å². The summed E-state index contributed by atoms with van der Waals surface area (Å²) in [6.07, 6.45) is -0.658. The molecule has 1 rings (SSSR count). The van der Waals surface area contributed by atoms with Gasteiger partial charge < -0.3 is 15.7 Å². The molecular weight excluding hydrogens is 275 g/mol. The maximum Gasteiger partial charge on any atom is 0.251 e. The number of rotatable bonds is 6. The first kappa shape index (κ1) is 17.1. The number of hydrogen-bond acceptors (Lipinski definition) is 3. The Morgan fingerprint density at radius 1 is 1.19 bits per heavy atom. The summed E-state index contributed by atoms with van der Waals surface area (Å²) in [7, 11) is 0. The zero-order valence-electron chi connectivity index (χ0n) is 12.4. The van der Waals surface area contributed by atoms with E-state index in [1.54, 1.807) is 20.8 Å². The Kier molecular flexibility index (Phi) is 6.30. The SMILES string of the molecule is CC(O)CNC(=O)C(NC(=O)c1ccc(F)cc1)C(C)C. The topological polar surface area (TPSA) is 78.4 Å². The van der Waals surface area contributed by atoms with E-state index in [2.05, 4.69) is 10.6 Å². The van der Waals surface area contributed by atoms with Gasteiger partial charge in [0.15, 0.2) is 0 Å². The van der Waals surface area contributed by atoms with E-state index in [1.807, 2.05) is 0 Å². The Labute approximate surface area is 123 Å². The molecular formula is C15H21FN2O3. The molecule has 6 heteroatoms.